The minimum Gasteiger partial charge on any atom is -0.372 e. The highest BCUT2D eigenvalue weighted by molar-refractivity contribution is 7.89. The molecular formula is C27H33N5O3S. The van der Waals surface area contributed by atoms with Crippen LogP contribution in [0.2, 0.25) is 0 Å². The van der Waals surface area contributed by atoms with Crippen LogP contribution in [-0.4, -0.2) is 45.8 Å². The van der Waals surface area contributed by atoms with Crippen molar-refractivity contribution in [2.45, 2.75) is 32.1 Å². The number of rotatable bonds is 10. The van der Waals surface area contributed by atoms with Gasteiger partial charge in [-0.2, -0.15) is 10.2 Å². The summed E-state index contributed by atoms with van der Waals surface area (Å²) >= 11 is 0. The van der Waals surface area contributed by atoms with Crippen LogP contribution in [0.15, 0.2) is 81.9 Å². The van der Waals surface area contributed by atoms with Crippen molar-refractivity contribution in [1.29, 1.82) is 0 Å². The molecule has 36 heavy (non-hydrogen) atoms. The molecule has 0 atom stereocenters. The number of anilines is 2. The Morgan fingerprint density at radius 1 is 0.861 bits per heavy atom. The van der Waals surface area contributed by atoms with Gasteiger partial charge in [0.2, 0.25) is 15.9 Å². The molecule has 0 bridgehead atoms. The maximum atomic E-state index is 12.6. The molecule has 0 heterocycles. The van der Waals surface area contributed by atoms with Crippen LogP contribution in [0.25, 0.3) is 0 Å². The summed E-state index contributed by atoms with van der Waals surface area (Å²) in [5.74, 6) is -0.241. The van der Waals surface area contributed by atoms with E-state index in [9.17, 15) is 13.2 Å². The van der Waals surface area contributed by atoms with Gasteiger partial charge in [0.1, 0.15) is 0 Å². The minimum atomic E-state index is -3.60. The maximum Gasteiger partial charge on any atom is 0.242 e. The first-order valence-electron chi connectivity index (χ1n) is 11.8. The van der Waals surface area contributed by atoms with Gasteiger partial charge in [-0.1, -0.05) is 18.2 Å². The van der Waals surface area contributed by atoms with Gasteiger partial charge in [0.05, 0.1) is 22.7 Å². The van der Waals surface area contributed by atoms with Gasteiger partial charge < -0.3 is 10.2 Å². The predicted octanol–water partition coefficient (Wildman–Crippen LogP) is 5.69. The van der Waals surface area contributed by atoms with Gasteiger partial charge in [-0.25, -0.2) is 12.7 Å². The monoisotopic (exact) mass is 507 g/mol. The van der Waals surface area contributed by atoms with Crippen LogP contribution in [0, 0.1) is 6.92 Å². The number of azo groups is 1. The standard InChI is InChI=1S/C27H33N5O3S/c1-6-32(7-2)25-16-14-23(15-17-25)30-29-22-12-9-21(10-13-22)18-27(33)28-24-11-8-20(3)26(19-24)36(34,35)31(4)5/h8-17,19H,6-7,18H2,1-5H3,(H,28,33). The minimum absolute atomic E-state index is 0.147. The molecule has 0 spiro atoms. The largest absolute Gasteiger partial charge is 0.372 e. The lowest BCUT2D eigenvalue weighted by Crippen LogP contribution is -2.23. The van der Waals surface area contributed by atoms with Crippen LogP contribution in [0.5, 0.6) is 0 Å². The second-order valence-corrected chi connectivity index (χ2v) is 10.7. The van der Waals surface area contributed by atoms with Crippen LogP contribution in [0.4, 0.5) is 22.7 Å². The maximum absolute atomic E-state index is 12.6. The van der Waals surface area contributed by atoms with Crippen molar-refractivity contribution in [2.75, 3.05) is 37.4 Å². The molecule has 0 unspecified atom stereocenters. The third kappa shape index (κ3) is 6.77. The smallest absolute Gasteiger partial charge is 0.242 e. The Kier molecular flexibility index (Phi) is 8.95. The molecule has 0 radical (unpaired) electrons. The average Bonchev–Trinajstić information content (AvgIpc) is 2.86. The summed E-state index contributed by atoms with van der Waals surface area (Å²) in [5, 5.41) is 11.4. The highest BCUT2D eigenvalue weighted by Crippen LogP contribution is 2.24. The number of nitrogens with one attached hydrogen (secondary N) is 1. The van der Waals surface area contributed by atoms with Crippen LogP contribution in [0.1, 0.15) is 25.0 Å². The number of carbonyl (C=O) groups is 1. The summed E-state index contributed by atoms with van der Waals surface area (Å²) in [6, 6.07) is 20.1. The van der Waals surface area contributed by atoms with E-state index in [1.165, 1.54) is 20.2 Å². The molecule has 1 amide bonds. The number of aryl methyl sites for hydroxylation is 1. The first-order valence-corrected chi connectivity index (χ1v) is 13.3. The van der Waals surface area contributed by atoms with Crippen LogP contribution in [0.3, 0.4) is 0 Å². The fraction of sp³-hybridized carbons (Fsp3) is 0.296. The number of sulfonamides is 1. The molecule has 1 N–H and O–H groups in total. The summed E-state index contributed by atoms with van der Waals surface area (Å²) in [5.41, 5.74) is 4.47. The van der Waals surface area contributed by atoms with Gasteiger partial charge in [0.25, 0.3) is 0 Å². The van der Waals surface area contributed by atoms with E-state index >= 15 is 0 Å². The van der Waals surface area contributed by atoms with Crippen LogP contribution < -0.4 is 10.2 Å². The Morgan fingerprint density at radius 2 is 1.42 bits per heavy atom. The van der Waals surface area contributed by atoms with Crippen molar-refractivity contribution in [3.8, 4) is 0 Å². The van der Waals surface area contributed by atoms with Gasteiger partial charge in [-0.15, -0.1) is 0 Å². The molecule has 3 rings (SSSR count). The van der Waals surface area contributed by atoms with Gasteiger partial charge in [-0.3, -0.25) is 4.79 Å². The van der Waals surface area contributed by atoms with Gasteiger partial charge in [0.15, 0.2) is 0 Å². The lowest BCUT2D eigenvalue weighted by atomic mass is 10.1. The third-order valence-electron chi connectivity index (χ3n) is 5.79. The molecule has 3 aromatic rings. The van der Waals surface area contributed by atoms with E-state index in [0.29, 0.717) is 16.9 Å². The third-order valence-corrected chi connectivity index (χ3v) is 7.75. The summed E-state index contributed by atoms with van der Waals surface area (Å²) in [6.07, 6.45) is 0.147. The van der Waals surface area contributed by atoms with E-state index in [2.05, 4.69) is 34.3 Å². The Labute approximate surface area is 213 Å². The molecule has 9 heteroatoms. The second-order valence-electron chi connectivity index (χ2n) is 8.55. The van der Waals surface area contributed by atoms with Gasteiger partial charge in [-0.05, 0) is 80.4 Å². The van der Waals surface area contributed by atoms with Crippen molar-refractivity contribution >= 4 is 38.7 Å². The van der Waals surface area contributed by atoms with Crippen molar-refractivity contribution < 1.29 is 13.2 Å². The van der Waals surface area contributed by atoms with Crippen molar-refractivity contribution in [2.24, 2.45) is 10.2 Å². The van der Waals surface area contributed by atoms with E-state index in [1.807, 2.05) is 48.5 Å². The van der Waals surface area contributed by atoms with E-state index in [0.717, 1.165) is 34.3 Å². The normalized spacial score (nSPS) is 11.7. The first-order chi connectivity index (χ1) is 17.1. The van der Waals surface area contributed by atoms with Crippen LogP contribution >= 0.6 is 0 Å². The Morgan fingerprint density at radius 3 is 1.94 bits per heavy atom. The molecular weight excluding hydrogens is 474 g/mol. The van der Waals surface area contributed by atoms with E-state index < -0.39 is 10.0 Å². The fourth-order valence-electron chi connectivity index (χ4n) is 3.66. The summed E-state index contributed by atoms with van der Waals surface area (Å²) in [7, 11) is -0.646. The quantitative estimate of drug-likeness (QED) is 0.357. The number of carbonyl (C=O) groups excluding carboxylic acids is 1. The highest BCUT2D eigenvalue weighted by Gasteiger charge is 2.20. The van der Waals surface area contributed by atoms with Crippen molar-refractivity contribution in [1.82, 2.24) is 4.31 Å². The molecule has 0 fully saturated rings. The molecule has 0 saturated carbocycles. The second kappa shape index (κ2) is 11.9. The van der Waals surface area contributed by atoms with E-state index in [4.69, 9.17) is 0 Å². The summed E-state index contributed by atoms with van der Waals surface area (Å²) < 4.78 is 26.2. The Balaban J connectivity index is 1.61. The van der Waals surface area contributed by atoms with Crippen molar-refractivity contribution in [3.63, 3.8) is 0 Å². The van der Waals surface area contributed by atoms with Crippen molar-refractivity contribution in [3.05, 3.63) is 77.9 Å². The molecule has 8 nitrogen and oxygen atoms in total. The molecule has 0 aliphatic rings. The number of nitrogens with zero attached hydrogens (tertiary/aromatic N) is 4. The van der Waals surface area contributed by atoms with E-state index in [1.54, 1.807) is 19.1 Å². The summed E-state index contributed by atoms with van der Waals surface area (Å²) in [6.45, 7) is 7.88. The molecule has 3 aromatic carbocycles. The zero-order chi connectivity index (χ0) is 26.3. The summed E-state index contributed by atoms with van der Waals surface area (Å²) in [4.78, 5) is 15.0. The lowest BCUT2D eigenvalue weighted by Gasteiger charge is -2.20. The zero-order valence-corrected chi connectivity index (χ0v) is 22.2. The SMILES string of the molecule is CCN(CC)c1ccc(N=Nc2ccc(CC(=O)Nc3ccc(C)c(S(=O)(=O)N(C)C)c3)cc2)cc1. The zero-order valence-electron chi connectivity index (χ0n) is 21.4. The topological polar surface area (TPSA) is 94.4 Å². The number of hydrogen-bond donors (Lipinski definition) is 1. The molecule has 190 valence electrons. The average molecular weight is 508 g/mol. The van der Waals surface area contributed by atoms with Gasteiger partial charge in [0, 0.05) is 38.6 Å². The number of hydrogen-bond acceptors (Lipinski definition) is 6. The first kappa shape index (κ1) is 27.0. The molecule has 0 aliphatic carbocycles. The van der Waals surface area contributed by atoms with Gasteiger partial charge >= 0.3 is 0 Å². The highest BCUT2D eigenvalue weighted by atomic mass is 32.2. The molecule has 0 aromatic heterocycles. The molecule has 0 aliphatic heterocycles. The Hall–Kier alpha value is -3.56. The number of benzene rings is 3. The predicted molar refractivity (Wildman–Crippen MR) is 145 cm³/mol. The Bertz CT molecular complexity index is 1310. The molecule has 0 saturated heterocycles. The van der Waals surface area contributed by atoms with E-state index in [-0.39, 0.29) is 17.2 Å². The number of amides is 1. The fourth-order valence-corrected chi connectivity index (χ4v) is 4.80. The lowest BCUT2D eigenvalue weighted by molar-refractivity contribution is -0.115. The van der Waals surface area contributed by atoms with Crippen LogP contribution in [-0.2, 0) is 21.2 Å².